The van der Waals surface area contributed by atoms with Crippen LogP contribution in [0, 0.1) is 10.1 Å². The van der Waals surface area contributed by atoms with Gasteiger partial charge in [0.05, 0.1) is 11.0 Å². The molecule has 0 unspecified atom stereocenters. The maximum atomic E-state index is 11.7. The highest BCUT2D eigenvalue weighted by Gasteiger charge is 2.26. The predicted molar refractivity (Wildman–Crippen MR) is 79.5 cm³/mol. The van der Waals surface area contributed by atoms with Crippen LogP contribution in [0.1, 0.15) is 52.5 Å². The van der Waals surface area contributed by atoms with Gasteiger partial charge in [0, 0.05) is 6.04 Å². The van der Waals surface area contributed by atoms with Gasteiger partial charge in [-0.25, -0.2) is 4.79 Å². The molecule has 1 aromatic rings. The molecule has 1 heterocycles. The van der Waals surface area contributed by atoms with E-state index >= 15 is 0 Å². The summed E-state index contributed by atoms with van der Waals surface area (Å²) >= 11 is 0. The minimum Gasteiger partial charge on any atom is -0.444 e. The Morgan fingerprint density at radius 3 is 2.55 bits per heavy atom. The van der Waals surface area contributed by atoms with Crippen molar-refractivity contribution in [2.45, 2.75) is 64.1 Å². The average molecular weight is 310 g/mol. The predicted octanol–water partition coefficient (Wildman–Crippen LogP) is 2.80. The van der Waals surface area contributed by atoms with E-state index in [0.29, 0.717) is 0 Å². The Labute approximate surface area is 129 Å². The number of nitro groups is 1. The number of amides is 1. The monoisotopic (exact) mass is 310 g/mol. The van der Waals surface area contributed by atoms with Crippen molar-refractivity contribution in [3.8, 4) is 0 Å². The zero-order chi connectivity index (χ0) is 16.3. The van der Waals surface area contributed by atoms with E-state index in [0.717, 1.165) is 25.7 Å². The molecule has 8 nitrogen and oxygen atoms in total. The van der Waals surface area contributed by atoms with E-state index in [9.17, 15) is 14.9 Å². The van der Waals surface area contributed by atoms with Gasteiger partial charge in [0.25, 0.3) is 0 Å². The summed E-state index contributed by atoms with van der Waals surface area (Å²) < 4.78 is 6.89. The van der Waals surface area contributed by atoms with Crippen LogP contribution in [0.15, 0.2) is 12.4 Å². The van der Waals surface area contributed by atoms with Gasteiger partial charge in [-0.2, -0.15) is 5.10 Å². The molecule has 0 spiro atoms. The summed E-state index contributed by atoms with van der Waals surface area (Å²) in [7, 11) is 0. The van der Waals surface area contributed by atoms with Crippen molar-refractivity contribution in [1.82, 2.24) is 15.1 Å². The number of nitrogens with zero attached hydrogens (tertiary/aromatic N) is 3. The molecular formula is C14H22N4O4. The lowest BCUT2D eigenvalue weighted by molar-refractivity contribution is -0.385. The zero-order valence-electron chi connectivity index (χ0n) is 13.1. The summed E-state index contributed by atoms with van der Waals surface area (Å²) in [6.45, 7) is 5.48. The van der Waals surface area contributed by atoms with Crippen molar-refractivity contribution in [2.75, 3.05) is 0 Å². The summed E-state index contributed by atoms with van der Waals surface area (Å²) in [5.74, 6) is 0. The second-order valence-electron chi connectivity index (χ2n) is 6.59. The van der Waals surface area contributed by atoms with Gasteiger partial charge in [0.2, 0.25) is 0 Å². The molecule has 0 saturated heterocycles. The second-order valence-corrected chi connectivity index (χ2v) is 6.59. The first-order chi connectivity index (χ1) is 10.2. The fourth-order valence-electron chi connectivity index (χ4n) is 2.58. The van der Waals surface area contributed by atoms with Crippen molar-refractivity contribution in [3.05, 3.63) is 22.5 Å². The Morgan fingerprint density at radius 2 is 2.05 bits per heavy atom. The van der Waals surface area contributed by atoms with Gasteiger partial charge in [-0.1, -0.05) is 0 Å². The highest BCUT2D eigenvalue weighted by atomic mass is 16.6. The third kappa shape index (κ3) is 4.44. The third-order valence-corrected chi connectivity index (χ3v) is 3.59. The number of ether oxygens (including phenoxy) is 1. The largest absolute Gasteiger partial charge is 0.444 e. The average Bonchev–Trinajstić information content (AvgIpc) is 2.87. The lowest BCUT2D eigenvalue weighted by Crippen LogP contribution is -2.41. The first-order valence-electron chi connectivity index (χ1n) is 7.42. The molecule has 1 aliphatic rings. The first-order valence-corrected chi connectivity index (χ1v) is 7.42. The van der Waals surface area contributed by atoms with Crippen LogP contribution in [-0.4, -0.2) is 32.4 Å². The lowest BCUT2D eigenvalue weighted by Gasteiger charge is -2.30. The van der Waals surface area contributed by atoms with Crippen LogP contribution in [0.25, 0.3) is 0 Å². The molecule has 1 aliphatic carbocycles. The number of carbonyl (C=O) groups is 1. The Hall–Kier alpha value is -2.12. The molecule has 1 aromatic heterocycles. The van der Waals surface area contributed by atoms with Gasteiger partial charge >= 0.3 is 11.8 Å². The maximum absolute atomic E-state index is 11.7. The van der Waals surface area contributed by atoms with Crippen molar-refractivity contribution >= 4 is 11.8 Å². The molecule has 1 fully saturated rings. The standard InChI is InChI=1S/C14H22N4O4/c1-14(2,3)22-13(19)16-10-4-6-11(7-5-10)17-9-12(8-15-17)18(20)21/h8-11H,4-7H2,1-3H3,(H,16,19). The van der Waals surface area contributed by atoms with E-state index in [2.05, 4.69) is 10.4 Å². The number of hydrogen-bond donors (Lipinski definition) is 1. The van der Waals surface area contributed by atoms with Crippen LogP contribution in [0.4, 0.5) is 10.5 Å². The fourth-order valence-corrected chi connectivity index (χ4v) is 2.58. The molecule has 1 saturated carbocycles. The Balaban J connectivity index is 1.82. The van der Waals surface area contributed by atoms with E-state index in [1.807, 2.05) is 20.8 Å². The first kappa shape index (κ1) is 16.3. The molecule has 8 heteroatoms. The number of nitrogens with one attached hydrogen (secondary N) is 1. The summed E-state index contributed by atoms with van der Waals surface area (Å²) in [5.41, 5.74) is -0.496. The minimum atomic E-state index is -0.505. The van der Waals surface area contributed by atoms with Gasteiger partial charge in [0.15, 0.2) is 0 Å². The highest BCUT2D eigenvalue weighted by molar-refractivity contribution is 5.68. The molecule has 0 atom stereocenters. The zero-order valence-corrected chi connectivity index (χ0v) is 13.1. The van der Waals surface area contributed by atoms with Gasteiger partial charge in [-0.15, -0.1) is 0 Å². The molecule has 122 valence electrons. The molecular weight excluding hydrogens is 288 g/mol. The normalized spacial score (nSPS) is 22.1. The minimum absolute atomic E-state index is 0.00834. The van der Waals surface area contributed by atoms with Crippen molar-refractivity contribution in [3.63, 3.8) is 0 Å². The quantitative estimate of drug-likeness (QED) is 0.683. The SMILES string of the molecule is CC(C)(C)OC(=O)NC1CCC(n2cc([N+](=O)[O-])cn2)CC1. The van der Waals surface area contributed by atoms with Crippen LogP contribution in [0.2, 0.25) is 0 Å². The maximum Gasteiger partial charge on any atom is 0.407 e. The Kier molecular flexibility index (Phi) is 4.68. The van der Waals surface area contributed by atoms with Crippen LogP contribution < -0.4 is 5.32 Å². The van der Waals surface area contributed by atoms with Crippen molar-refractivity contribution in [2.24, 2.45) is 0 Å². The number of carbonyl (C=O) groups excluding carboxylic acids is 1. The van der Waals surface area contributed by atoms with Gasteiger partial charge < -0.3 is 10.1 Å². The number of hydrogen-bond acceptors (Lipinski definition) is 5. The fraction of sp³-hybridized carbons (Fsp3) is 0.714. The molecule has 22 heavy (non-hydrogen) atoms. The second kappa shape index (κ2) is 6.33. The van der Waals surface area contributed by atoms with E-state index in [4.69, 9.17) is 4.74 Å². The van der Waals surface area contributed by atoms with Crippen LogP contribution in [-0.2, 0) is 4.74 Å². The van der Waals surface area contributed by atoms with Crippen LogP contribution in [0.5, 0.6) is 0 Å². The Morgan fingerprint density at radius 1 is 1.41 bits per heavy atom. The topological polar surface area (TPSA) is 99.3 Å². The lowest BCUT2D eigenvalue weighted by atomic mass is 9.91. The molecule has 0 aromatic carbocycles. The van der Waals surface area contributed by atoms with Crippen molar-refractivity contribution in [1.29, 1.82) is 0 Å². The van der Waals surface area contributed by atoms with E-state index < -0.39 is 16.6 Å². The summed E-state index contributed by atoms with van der Waals surface area (Å²) in [4.78, 5) is 22.0. The van der Waals surface area contributed by atoms with Crippen molar-refractivity contribution < 1.29 is 14.5 Å². The van der Waals surface area contributed by atoms with Crippen LogP contribution in [0.3, 0.4) is 0 Å². The highest BCUT2D eigenvalue weighted by Crippen LogP contribution is 2.29. The number of rotatable bonds is 3. The molecule has 1 amide bonds. The smallest absolute Gasteiger partial charge is 0.407 e. The van der Waals surface area contributed by atoms with E-state index in [-0.39, 0.29) is 17.8 Å². The van der Waals surface area contributed by atoms with Gasteiger partial charge in [-0.05, 0) is 46.5 Å². The van der Waals surface area contributed by atoms with Gasteiger partial charge in [-0.3, -0.25) is 14.8 Å². The molecule has 2 rings (SSSR count). The van der Waals surface area contributed by atoms with Crippen LogP contribution >= 0.6 is 0 Å². The molecule has 1 N–H and O–H groups in total. The summed E-state index contributed by atoms with van der Waals surface area (Å²) in [6, 6.07) is 0.224. The summed E-state index contributed by atoms with van der Waals surface area (Å²) in [5, 5.41) is 17.6. The molecule has 0 aliphatic heterocycles. The van der Waals surface area contributed by atoms with E-state index in [1.165, 1.54) is 12.4 Å². The van der Waals surface area contributed by atoms with Gasteiger partial charge in [0.1, 0.15) is 18.0 Å². The molecule has 0 bridgehead atoms. The summed E-state index contributed by atoms with van der Waals surface area (Å²) in [6.07, 6.45) is 5.58. The van der Waals surface area contributed by atoms with E-state index in [1.54, 1.807) is 4.68 Å². The third-order valence-electron chi connectivity index (χ3n) is 3.59. The Bertz CT molecular complexity index is 541. The number of alkyl carbamates (subject to hydrolysis) is 1. The molecule has 0 radical (unpaired) electrons. The number of aromatic nitrogens is 2.